The van der Waals surface area contributed by atoms with E-state index in [9.17, 15) is 0 Å². The number of rotatable bonds is 5. The number of nitrogens with zero attached hydrogens (tertiary/aromatic N) is 5. The van der Waals surface area contributed by atoms with E-state index in [1.165, 1.54) is 38.8 Å². The van der Waals surface area contributed by atoms with Gasteiger partial charge < -0.3 is 13.9 Å². The maximum absolute atomic E-state index is 6.31. The zero-order chi connectivity index (χ0) is 30.8. The molecule has 0 saturated carbocycles. The molecule has 5 aromatic carbocycles. The normalized spacial score (nSPS) is 13.2. The van der Waals surface area contributed by atoms with Gasteiger partial charge in [0, 0.05) is 44.9 Å². The highest BCUT2D eigenvalue weighted by Gasteiger charge is 2.39. The van der Waals surface area contributed by atoms with Crippen molar-refractivity contribution in [2.75, 3.05) is 0 Å². The van der Waals surface area contributed by atoms with Crippen LogP contribution in [0, 0.1) is 0 Å². The third-order valence-electron chi connectivity index (χ3n) is 9.05. The Morgan fingerprint density at radius 3 is 1.89 bits per heavy atom. The summed E-state index contributed by atoms with van der Waals surface area (Å²) in [4.78, 5) is 14.2. The van der Waals surface area contributed by atoms with Crippen molar-refractivity contribution < 1.29 is 4.74 Å². The minimum atomic E-state index is -0.154. The highest BCUT2D eigenvalue weighted by molar-refractivity contribution is 6.11. The van der Waals surface area contributed by atoms with Gasteiger partial charge in [0.05, 0.1) is 16.7 Å². The van der Waals surface area contributed by atoms with Crippen molar-refractivity contribution in [1.82, 2.24) is 24.1 Å². The lowest BCUT2D eigenvalue weighted by Gasteiger charge is -2.21. The molecule has 220 valence electrons. The van der Waals surface area contributed by atoms with Crippen LogP contribution < -0.4 is 4.74 Å². The summed E-state index contributed by atoms with van der Waals surface area (Å²) in [5, 5.41) is 2.49. The zero-order valence-corrected chi connectivity index (χ0v) is 25.4. The van der Waals surface area contributed by atoms with Gasteiger partial charge >= 0.3 is 6.01 Å². The highest BCUT2D eigenvalue weighted by atomic mass is 16.5. The molecule has 6 nitrogen and oxygen atoms in total. The standard InChI is InChI=1S/C40H29N5O/c1-40(2)32-18-10-12-20-34(32)44-25-31-30-17-9-11-19-33(30)45(35(31)36(40)44)28-21-23-29(24-22-28)46-39-42-37(26-13-5-3-6-14-26)41-38(43-39)27-15-7-4-8-16-27/h3-25H,1-2H3. The molecule has 8 aromatic rings. The van der Waals surface area contributed by atoms with E-state index in [4.69, 9.17) is 19.7 Å². The summed E-state index contributed by atoms with van der Waals surface area (Å²) in [7, 11) is 0. The van der Waals surface area contributed by atoms with Crippen molar-refractivity contribution in [3.63, 3.8) is 0 Å². The van der Waals surface area contributed by atoms with E-state index in [0.717, 1.165) is 16.8 Å². The Labute approximate surface area is 266 Å². The van der Waals surface area contributed by atoms with Crippen molar-refractivity contribution >= 4 is 21.8 Å². The maximum Gasteiger partial charge on any atom is 0.326 e. The average Bonchev–Trinajstić information content (AvgIpc) is 3.71. The van der Waals surface area contributed by atoms with Crippen molar-refractivity contribution in [3.05, 3.63) is 151 Å². The number of aromatic nitrogens is 5. The number of benzene rings is 5. The molecule has 0 N–H and O–H groups in total. The molecular formula is C40H29N5O. The summed E-state index contributed by atoms with van der Waals surface area (Å²) in [5.74, 6) is 1.78. The van der Waals surface area contributed by atoms with Gasteiger partial charge in [0.15, 0.2) is 11.6 Å². The van der Waals surface area contributed by atoms with Crippen LogP contribution in [-0.4, -0.2) is 24.1 Å². The van der Waals surface area contributed by atoms with Crippen LogP contribution in [0.15, 0.2) is 140 Å². The number of hydrogen-bond donors (Lipinski definition) is 0. The van der Waals surface area contributed by atoms with Crippen LogP contribution in [0.3, 0.4) is 0 Å². The van der Waals surface area contributed by atoms with Gasteiger partial charge in [-0.15, -0.1) is 0 Å². The van der Waals surface area contributed by atoms with Crippen LogP contribution in [0.25, 0.3) is 56.0 Å². The largest absolute Gasteiger partial charge is 0.424 e. The van der Waals surface area contributed by atoms with Gasteiger partial charge in [-0.1, -0.05) is 111 Å². The van der Waals surface area contributed by atoms with Gasteiger partial charge in [-0.3, -0.25) is 0 Å². The Bertz CT molecular complexity index is 2350. The lowest BCUT2D eigenvalue weighted by atomic mass is 9.83. The predicted molar refractivity (Wildman–Crippen MR) is 183 cm³/mol. The van der Waals surface area contributed by atoms with Crippen LogP contribution in [0.1, 0.15) is 25.1 Å². The summed E-state index contributed by atoms with van der Waals surface area (Å²) in [6.45, 7) is 4.65. The Kier molecular flexibility index (Phi) is 5.74. The molecule has 1 aliphatic rings. The minimum Gasteiger partial charge on any atom is -0.424 e. The second kappa shape index (κ2) is 10.0. The lowest BCUT2D eigenvalue weighted by molar-refractivity contribution is 0.441. The first-order valence-electron chi connectivity index (χ1n) is 15.5. The Morgan fingerprint density at radius 1 is 0.587 bits per heavy atom. The minimum absolute atomic E-state index is 0.154. The zero-order valence-electron chi connectivity index (χ0n) is 25.4. The van der Waals surface area contributed by atoms with E-state index in [1.54, 1.807) is 0 Å². The van der Waals surface area contributed by atoms with E-state index in [2.05, 4.69) is 89.8 Å². The number of ether oxygens (including phenoxy) is 1. The second-order valence-electron chi connectivity index (χ2n) is 12.2. The Morgan fingerprint density at radius 2 is 1.20 bits per heavy atom. The second-order valence-corrected chi connectivity index (χ2v) is 12.2. The molecule has 0 unspecified atom stereocenters. The SMILES string of the molecule is CC1(C)c2ccccc2-n2cc3c4ccccc4n(-c4ccc(Oc5nc(-c6ccccc6)nc(-c6ccccc6)n5)cc4)c3c21. The summed E-state index contributed by atoms with van der Waals surface area (Å²) >= 11 is 0. The average molecular weight is 596 g/mol. The highest BCUT2D eigenvalue weighted by Crippen LogP contribution is 2.49. The molecule has 0 amide bonds. The fraction of sp³-hybridized carbons (Fsp3) is 0.0750. The molecule has 0 saturated heterocycles. The van der Waals surface area contributed by atoms with E-state index >= 15 is 0 Å². The molecule has 0 fully saturated rings. The van der Waals surface area contributed by atoms with Crippen molar-refractivity contribution in [1.29, 1.82) is 0 Å². The van der Waals surface area contributed by atoms with Gasteiger partial charge in [0.25, 0.3) is 0 Å². The molecule has 6 heteroatoms. The van der Waals surface area contributed by atoms with E-state index in [-0.39, 0.29) is 11.4 Å². The molecule has 1 aliphatic heterocycles. The molecule has 9 rings (SSSR count). The molecule has 0 radical (unpaired) electrons. The number of para-hydroxylation sites is 2. The fourth-order valence-corrected chi connectivity index (χ4v) is 6.94. The topological polar surface area (TPSA) is 57.8 Å². The first kappa shape index (κ1) is 26.4. The van der Waals surface area contributed by atoms with Gasteiger partial charge in [-0.2, -0.15) is 9.97 Å². The first-order valence-corrected chi connectivity index (χ1v) is 15.5. The van der Waals surface area contributed by atoms with Crippen LogP contribution in [0.2, 0.25) is 0 Å². The van der Waals surface area contributed by atoms with Gasteiger partial charge in [0.2, 0.25) is 0 Å². The van der Waals surface area contributed by atoms with Gasteiger partial charge in [0.1, 0.15) is 5.75 Å². The first-order chi connectivity index (χ1) is 22.6. The van der Waals surface area contributed by atoms with Crippen LogP contribution in [0.5, 0.6) is 11.8 Å². The van der Waals surface area contributed by atoms with Crippen molar-refractivity contribution in [2.24, 2.45) is 0 Å². The summed E-state index contributed by atoms with van der Waals surface area (Å²) < 4.78 is 11.1. The Balaban J connectivity index is 1.14. The summed E-state index contributed by atoms with van der Waals surface area (Å²) in [6, 6.07) is 45.6. The summed E-state index contributed by atoms with van der Waals surface area (Å²) in [5.41, 5.74) is 9.00. The Hall–Kier alpha value is -6.01. The molecule has 0 spiro atoms. The molecule has 0 bridgehead atoms. The lowest BCUT2D eigenvalue weighted by Crippen LogP contribution is -2.16. The fourth-order valence-electron chi connectivity index (χ4n) is 6.94. The van der Waals surface area contributed by atoms with Gasteiger partial charge in [-0.25, -0.2) is 4.98 Å². The maximum atomic E-state index is 6.31. The molecule has 0 aliphatic carbocycles. The number of hydrogen-bond acceptors (Lipinski definition) is 4. The molecular weight excluding hydrogens is 566 g/mol. The molecule has 0 atom stereocenters. The molecule has 4 heterocycles. The van der Waals surface area contributed by atoms with Crippen LogP contribution in [0.4, 0.5) is 0 Å². The smallest absolute Gasteiger partial charge is 0.326 e. The van der Waals surface area contributed by atoms with Crippen molar-refractivity contribution in [3.8, 4) is 45.9 Å². The van der Waals surface area contributed by atoms with E-state index in [0.29, 0.717) is 17.4 Å². The van der Waals surface area contributed by atoms with E-state index in [1.807, 2.05) is 72.8 Å². The predicted octanol–water partition coefficient (Wildman–Crippen LogP) is 9.52. The van der Waals surface area contributed by atoms with Crippen LogP contribution in [-0.2, 0) is 5.41 Å². The summed E-state index contributed by atoms with van der Waals surface area (Å²) in [6.07, 6.45) is 2.31. The monoisotopic (exact) mass is 595 g/mol. The van der Waals surface area contributed by atoms with E-state index < -0.39 is 0 Å². The van der Waals surface area contributed by atoms with Gasteiger partial charge in [-0.05, 0) is 42.0 Å². The molecule has 3 aromatic heterocycles. The molecule has 46 heavy (non-hydrogen) atoms. The quantitative estimate of drug-likeness (QED) is 0.199. The van der Waals surface area contributed by atoms with Crippen LogP contribution >= 0.6 is 0 Å². The third kappa shape index (κ3) is 4.00. The van der Waals surface area contributed by atoms with Crippen molar-refractivity contribution in [2.45, 2.75) is 19.3 Å². The third-order valence-corrected chi connectivity index (χ3v) is 9.05. The number of fused-ring (bicyclic) bond motifs is 7.